The van der Waals surface area contributed by atoms with Gasteiger partial charge in [-0.2, -0.15) is 0 Å². The first-order valence-corrected chi connectivity index (χ1v) is 23.2. The average Bonchev–Trinajstić information content (AvgIpc) is 3.69. The number of hydrogen-bond donors (Lipinski definition) is 0. The molecule has 0 atom stereocenters. The van der Waals surface area contributed by atoms with Crippen molar-refractivity contribution in [2.75, 3.05) is 9.71 Å². The predicted octanol–water partition coefficient (Wildman–Crippen LogP) is 14.1. The average molecular weight is 815 g/mol. The van der Waals surface area contributed by atoms with E-state index >= 15 is 0 Å². The molecule has 0 fully saturated rings. The van der Waals surface area contributed by atoms with Crippen LogP contribution in [-0.2, 0) is 16.2 Å². The molecule has 62 heavy (non-hydrogen) atoms. The Morgan fingerprint density at radius 2 is 1.11 bits per heavy atom. The van der Waals surface area contributed by atoms with Gasteiger partial charge in [0.25, 0.3) is 0 Å². The second-order valence-electron chi connectivity index (χ2n) is 19.5. The number of nitrogens with zero attached hydrogens (tertiary/aromatic N) is 2. The molecule has 0 N–H and O–H groups in total. The predicted molar refractivity (Wildman–Crippen MR) is 265 cm³/mol. The lowest BCUT2D eigenvalue weighted by atomic mass is 9.42. The van der Waals surface area contributed by atoms with Gasteiger partial charge in [-0.05, 0) is 121 Å². The van der Waals surface area contributed by atoms with Crippen LogP contribution in [-0.4, -0.2) is 6.85 Å². The first-order valence-electron chi connectivity index (χ1n) is 22.3. The van der Waals surface area contributed by atoms with Gasteiger partial charge in [-0.15, -0.1) is 11.3 Å². The fraction of sp³-hybridized carbons (Fsp3) is 0.172. The fourth-order valence-corrected chi connectivity index (χ4v) is 13.5. The Hall–Kier alpha value is -6.36. The Morgan fingerprint density at radius 3 is 1.85 bits per heavy atom. The van der Waals surface area contributed by atoms with E-state index < -0.39 is 5.41 Å². The van der Waals surface area contributed by atoms with Crippen LogP contribution in [0.1, 0.15) is 79.5 Å². The van der Waals surface area contributed by atoms with Gasteiger partial charge in [-0.25, -0.2) is 0 Å². The van der Waals surface area contributed by atoms with Crippen LogP contribution in [0.2, 0.25) is 0 Å². The number of fused-ring (bicyclic) bond motifs is 11. The molecular weight excluding hydrogens is 768 g/mol. The molecule has 4 heterocycles. The number of aryl methyl sites for hydroxylation is 1. The minimum Gasteiger partial charge on any atom is -0.376 e. The Labute approximate surface area is 369 Å². The zero-order valence-corrected chi connectivity index (χ0v) is 36.8. The van der Waals surface area contributed by atoms with Gasteiger partial charge in [0.05, 0.1) is 21.8 Å². The number of thiophene rings is 1. The van der Waals surface area contributed by atoms with Crippen molar-refractivity contribution in [2.45, 2.75) is 63.7 Å². The molecule has 0 unspecified atom stereocenters. The number of hydrogen-bond acceptors (Lipinski definition) is 3. The molecule has 0 radical (unpaired) electrons. The minimum absolute atomic E-state index is 0.0698. The number of para-hydroxylation sites is 2. The third kappa shape index (κ3) is 4.61. The van der Waals surface area contributed by atoms with E-state index in [1.165, 1.54) is 122 Å². The lowest BCUT2D eigenvalue weighted by molar-refractivity contribution is 0.332. The van der Waals surface area contributed by atoms with E-state index in [1.54, 1.807) is 0 Å². The number of benzene rings is 8. The van der Waals surface area contributed by atoms with Crippen molar-refractivity contribution >= 4 is 77.7 Å². The molecule has 0 spiro atoms. The molecule has 0 amide bonds. The van der Waals surface area contributed by atoms with Crippen LogP contribution in [0.3, 0.4) is 0 Å². The maximum absolute atomic E-state index is 2.77. The molecular formula is C58H47BN2S. The van der Waals surface area contributed by atoms with Crippen molar-refractivity contribution < 1.29 is 0 Å². The van der Waals surface area contributed by atoms with Crippen molar-refractivity contribution in [1.82, 2.24) is 0 Å². The van der Waals surface area contributed by atoms with E-state index in [-0.39, 0.29) is 17.7 Å². The first kappa shape index (κ1) is 36.3. The van der Waals surface area contributed by atoms with Gasteiger partial charge in [0.2, 0.25) is 0 Å². The smallest absolute Gasteiger partial charge is 0.334 e. The maximum Gasteiger partial charge on any atom is 0.334 e. The number of anilines is 5. The van der Waals surface area contributed by atoms with Crippen LogP contribution in [0.25, 0.3) is 32.0 Å². The van der Waals surface area contributed by atoms with Gasteiger partial charge in [0.1, 0.15) is 0 Å². The highest BCUT2D eigenvalue weighted by Gasteiger charge is 2.54. The number of rotatable bonds is 3. The molecule has 1 aromatic heterocycles. The summed E-state index contributed by atoms with van der Waals surface area (Å²) in [6, 6.07) is 65.0. The lowest BCUT2D eigenvalue weighted by Crippen LogP contribution is -2.63. The lowest BCUT2D eigenvalue weighted by Gasteiger charge is -2.53. The van der Waals surface area contributed by atoms with Crippen LogP contribution < -0.4 is 20.6 Å². The highest BCUT2D eigenvalue weighted by molar-refractivity contribution is 7.26. The summed E-state index contributed by atoms with van der Waals surface area (Å²) in [7, 11) is 0. The van der Waals surface area contributed by atoms with Crippen molar-refractivity contribution in [2.24, 2.45) is 0 Å². The monoisotopic (exact) mass is 814 g/mol. The molecule has 3 aliphatic heterocycles. The Kier molecular flexibility index (Phi) is 7.39. The molecule has 4 aliphatic rings. The van der Waals surface area contributed by atoms with E-state index in [0.29, 0.717) is 0 Å². The van der Waals surface area contributed by atoms with E-state index in [2.05, 4.69) is 214 Å². The highest BCUT2D eigenvalue weighted by atomic mass is 32.1. The highest BCUT2D eigenvalue weighted by Crippen LogP contribution is 2.61. The molecule has 4 heteroatoms. The summed E-state index contributed by atoms with van der Waals surface area (Å²) in [5.74, 6) is 0. The maximum atomic E-state index is 2.77. The molecule has 8 aromatic carbocycles. The summed E-state index contributed by atoms with van der Waals surface area (Å²) in [5.41, 5.74) is 19.8. The van der Waals surface area contributed by atoms with Crippen molar-refractivity contribution in [3.8, 4) is 11.1 Å². The van der Waals surface area contributed by atoms with Crippen molar-refractivity contribution in [3.63, 3.8) is 0 Å². The summed E-state index contributed by atoms with van der Waals surface area (Å²) < 4.78 is 1.32. The van der Waals surface area contributed by atoms with E-state index in [9.17, 15) is 0 Å². The van der Waals surface area contributed by atoms with Gasteiger partial charge < -0.3 is 9.71 Å². The Bertz CT molecular complexity index is 3300. The quantitative estimate of drug-likeness (QED) is 0.164. The molecule has 1 aliphatic carbocycles. The third-order valence-electron chi connectivity index (χ3n) is 15.3. The van der Waals surface area contributed by atoms with Crippen LogP contribution in [0.4, 0.5) is 27.8 Å². The zero-order valence-electron chi connectivity index (χ0n) is 36.0. The molecule has 13 rings (SSSR count). The normalized spacial score (nSPS) is 17.0. The Balaban J connectivity index is 1.21. The van der Waals surface area contributed by atoms with Crippen molar-refractivity contribution in [1.29, 1.82) is 0 Å². The SMILES string of the molecule is Cc1cc2c(cc1N1c3sc4ccccc4c3B3c4c(cc5ccccc5c41)-c1cccc4c1N3c1ccccc1C4(c1ccccc1)c1ccccc1)C(C)(C)CCC2(C)C. The summed E-state index contributed by atoms with van der Waals surface area (Å²) >= 11 is 1.96. The second kappa shape index (κ2) is 12.6. The summed E-state index contributed by atoms with van der Waals surface area (Å²) in [6.45, 7) is 12.1. The van der Waals surface area contributed by atoms with Crippen LogP contribution >= 0.6 is 11.3 Å². The summed E-state index contributed by atoms with van der Waals surface area (Å²) in [4.78, 5) is 5.49. The molecule has 0 saturated carbocycles. The van der Waals surface area contributed by atoms with Gasteiger partial charge in [-0.3, -0.25) is 0 Å². The largest absolute Gasteiger partial charge is 0.376 e. The molecule has 298 valence electrons. The minimum atomic E-state index is -0.542. The molecule has 9 aromatic rings. The van der Waals surface area contributed by atoms with Crippen LogP contribution in [0, 0.1) is 6.92 Å². The van der Waals surface area contributed by atoms with E-state index in [0.717, 1.165) is 0 Å². The Morgan fingerprint density at radius 1 is 0.500 bits per heavy atom. The van der Waals surface area contributed by atoms with E-state index in [4.69, 9.17) is 0 Å². The van der Waals surface area contributed by atoms with Gasteiger partial charge in [0.15, 0.2) is 0 Å². The third-order valence-corrected chi connectivity index (χ3v) is 16.4. The summed E-state index contributed by atoms with van der Waals surface area (Å²) in [5, 5.41) is 5.23. The molecule has 2 nitrogen and oxygen atoms in total. The van der Waals surface area contributed by atoms with Crippen LogP contribution in [0.15, 0.2) is 170 Å². The zero-order chi connectivity index (χ0) is 41.7. The van der Waals surface area contributed by atoms with Gasteiger partial charge in [0, 0.05) is 27.0 Å². The van der Waals surface area contributed by atoms with Crippen LogP contribution in [0.5, 0.6) is 0 Å². The molecule has 0 bridgehead atoms. The first-order chi connectivity index (χ1) is 30.2. The fourth-order valence-electron chi connectivity index (χ4n) is 12.3. The van der Waals surface area contributed by atoms with Crippen molar-refractivity contribution in [3.05, 3.63) is 209 Å². The second-order valence-corrected chi connectivity index (χ2v) is 20.5. The molecule has 0 saturated heterocycles. The topological polar surface area (TPSA) is 6.48 Å². The summed E-state index contributed by atoms with van der Waals surface area (Å²) in [6.07, 6.45) is 2.37. The van der Waals surface area contributed by atoms with E-state index in [1.807, 2.05) is 11.3 Å². The van der Waals surface area contributed by atoms with Gasteiger partial charge >= 0.3 is 6.85 Å². The van der Waals surface area contributed by atoms with Gasteiger partial charge in [-0.1, -0.05) is 173 Å². The standard InChI is InChI=1S/C58H47BN2S/c1-36-33-46-47(57(4,5)32-31-56(46,2)3)35-49(36)60-54-40-24-13-12-19-37(40)34-43-41-26-18-28-45-53(41)61(59(51(43)54)52-42-25-14-17-30-50(42)62-55(52)60)48-29-16-15-27-44(48)58(45,38-20-8-6-9-21-38)39-22-10-7-11-23-39/h6-30,33-35H,31-32H2,1-5H3.